The van der Waals surface area contributed by atoms with Crippen molar-refractivity contribution in [3.05, 3.63) is 29.8 Å². The molecule has 0 radical (unpaired) electrons. The number of piperazine rings is 1. The molecular formula is C18H25N3O2. The SMILES string of the molecule is CC(=O)c1ccc(N2CCN(C(=O)C[C@H]3CCNC3)CC2)cc1. The van der Waals surface area contributed by atoms with E-state index in [2.05, 4.69) is 10.2 Å². The quantitative estimate of drug-likeness (QED) is 0.856. The van der Waals surface area contributed by atoms with Crippen molar-refractivity contribution in [3.63, 3.8) is 0 Å². The van der Waals surface area contributed by atoms with E-state index in [9.17, 15) is 9.59 Å². The number of nitrogens with zero attached hydrogens (tertiary/aromatic N) is 2. The first-order chi connectivity index (χ1) is 11.1. The summed E-state index contributed by atoms with van der Waals surface area (Å²) in [5.74, 6) is 0.901. The summed E-state index contributed by atoms with van der Waals surface area (Å²) < 4.78 is 0. The minimum absolute atomic E-state index is 0.0911. The highest BCUT2D eigenvalue weighted by Crippen LogP contribution is 2.19. The van der Waals surface area contributed by atoms with Gasteiger partial charge in [-0.2, -0.15) is 0 Å². The first kappa shape index (κ1) is 16.0. The zero-order chi connectivity index (χ0) is 16.2. The fourth-order valence-electron chi connectivity index (χ4n) is 3.39. The molecule has 1 aromatic carbocycles. The van der Waals surface area contributed by atoms with E-state index in [-0.39, 0.29) is 5.78 Å². The maximum atomic E-state index is 12.4. The average Bonchev–Trinajstić information content (AvgIpc) is 3.08. The van der Waals surface area contributed by atoms with E-state index < -0.39 is 0 Å². The van der Waals surface area contributed by atoms with Gasteiger partial charge in [-0.05, 0) is 56.6 Å². The van der Waals surface area contributed by atoms with E-state index in [0.29, 0.717) is 18.2 Å². The summed E-state index contributed by atoms with van der Waals surface area (Å²) in [6, 6.07) is 7.75. The number of ketones is 1. The van der Waals surface area contributed by atoms with Crippen LogP contribution >= 0.6 is 0 Å². The molecule has 23 heavy (non-hydrogen) atoms. The fourth-order valence-corrected chi connectivity index (χ4v) is 3.39. The molecule has 3 rings (SSSR count). The van der Waals surface area contributed by atoms with Gasteiger partial charge < -0.3 is 15.1 Å². The average molecular weight is 315 g/mol. The lowest BCUT2D eigenvalue weighted by atomic mass is 10.0. The van der Waals surface area contributed by atoms with Crippen molar-refractivity contribution in [3.8, 4) is 0 Å². The number of hydrogen-bond acceptors (Lipinski definition) is 4. The molecule has 0 aliphatic carbocycles. The lowest BCUT2D eigenvalue weighted by Crippen LogP contribution is -2.49. The number of amides is 1. The smallest absolute Gasteiger partial charge is 0.223 e. The number of benzene rings is 1. The summed E-state index contributed by atoms with van der Waals surface area (Å²) >= 11 is 0. The van der Waals surface area contributed by atoms with Crippen LogP contribution in [0.25, 0.3) is 0 Å². The molecule has 1 atom stereocenters. The van der Waals surface area contributed by atoms with Gasteiger partial charge in [-0.15, -0.1) is 0 Å². The Morgan fingerprint density at radius 2 is 1.83 bits per heavy atom. The summed E-state index contributed by atoms with van der Waals surface area (Å²) in [5, 5.41) is 3.32. The first-order valence-corrected chi connectivity index (χ1v) is 8.48. The highest BCUT2D eigenvalue weighted by atomic mass is 16.2. The third-order valence-corrected chi connectivity index (χ3v) is 4.90. The maximum Gasteiger partial charge on any atom is 0.223 e. The second kappa shape index (κ2) is 7.13. The molecule has 124 valence electrons. The Labute approximate surface area is 137 Å². The molecule has 0 spiro atoms. The van der Waals surface area contributed by atoms with Crippen molar-refractivity contribution in [1.29, 1.82) is 0 Å². The van der Waals surface area contributed by atoms with Gasteiger partial charge in [0.1, 0.15) is 0 Å². The third-order valence-electron chi connectivity index (χ3n) is 4.90. The van der Waals surface area contributed by atoms with Crippen molar-refractivity contribution in [2.75, 3.05) is 44.2 Å². The molecule has 2 heterocycles. The van der Waals surface area contributed by atoms with Crippen LogP contribution < -0.4 is 10.2 Å². The third kappa shape index (κ3) is 3.91. The largest absolute Gasteiger partial charge is 0.368 e. The van der Waals surface area contributed by atoms with Gasteiger partial charge in [0.15, 0.2) is 5.78 Å². The number of nitrogens with one attached hydrogen (secondary N) is 1. The van der Waals surface area contributed by atoms with Crippen LogP contribution in [-0.4, -0.2) is 55.9 Å². The molecule has 2 saturated heterocycles. The Morgan fingerprint density at radius 1 is 1.13 bits per heavy atom. The van der Waals surface area contributed by atoms with Crippen LogP contribution in [0.1, 0.15) is 30.1 Å². The number of carbonyl (C=O) groups excluding carboxylic acids is 2. The maximum absolute atomic E-state index is 12.4. The van der Waals surface area contributed by atoms with Crippen molar-refractivity contribution in [2.24, 2.45) is 5.92 Å². The van der Waals surface area contributed by atoms with Gasteiger partial charge in [-0.25, -0.2) is 0 Å². The second-order valence-corrected chi connectivity index (χ2v) is 6.53. The van der Waals surface area contributed by atoms with Gasteiger partial charge in [0.25, 0.3) is 0 Å². The Morgan fingerprint density at radius 3 is 2.39 bits per heavy atom. The van der Waals surface area contributed by atoms with Crippen molar-refractivity contribution in [2.45, 2.75) is 19.8 Å². The van der Waals surface area contributed by atoms with Crippen LogP contribution in [0, 0.1) is 5.92 Å². The van der Waals surface area contributed by atoms with E-state index >= 15 is 0 Å². The molecule has 0 saturated carbocycles. The molecule has 2 fully saturated rings. The molecule has 2 aliphatic heterocycles. The van der Waals surface area contributed by atoms with Crippen LogP contribution in [0.5, 0.6) is 0 Å². The monoisotopic (exact) mass is 315 g/mol. The highest BCUT2D eigenvalue weighted by Gasteiger charge is 2.25. The molecule has 1 amide bonds. The molecule has 0 unspecified atom stereocenters. The zero-order valence-electron chi connectivity index (χ0n) is 13.8. The summed E-state index contributed by atoms with van der Waals surface area (Å²) in [5.41, 5.74) is 1.87. The minimum Gasteiger partial charge on any atom is -0.368 e. The lowest BCUT2D eigenvalue weighted by Gasteiger charge is -2.36. The van der Waals surface area contributed by atoms with Gasteiger partial charge in [0.2, 0.25) is 5.91 Å². The summed E-state index contributed by atoms with van der Waals surface area (Å²) in [7, 11) is 0. The predicted octanol–water partition coefficient (Wildman–Crippen LogP) is 1.54. The fraction of sp³-hybridized carbons (Fsp3) is 0.556. The van der Waals surface area contributed by atoms with E-state index in [1.54, 1.807) is 6.92 Å². The van der Waals surface area contributed by atoms with Crippen LogP contribution in [0.3, 0.4) is 0 Å². The summed E-state index contributed by atoms with van der Waals surface area (Å²) in [6.45, 7) is 6.89. The van der Waals surface area contributed by atoms with Crippen molar-refractivity contribution >= 4 is 17.4 Å². The minimum atomic E-state index is 0.0911. The molecule has 2 aliphatic rings. The number of anilines is 1. The molecule has 0 aromatic heterocycles. The molecule has 0 bridgehead atoms. The molecule has 5 nitrogen and oxygen atoms in total. The first-order valence-electron chi connectivity index (χ1n) is 8.48. The van der Waals surface area contributed by atoms with Crippen LogP contribution in [0.4, 0.5) is 5.69 Å². The summed E-state index contributed by atoms with van der Waals surface area (Å²) in [4.78, 5) is 28.0. The van der Waals surface area contributed by atoms with E-state index in [4.69, 9.17) is 0 Å². The Hall–Kier alpha value is -1.88. The molecule has 1 N–H and O–H groups in total. The predicted molar refractivity (Wildman–Crippen MR) is 90.8 cm³/mol. The van der Waals surface area contributed by atoms with Crippen LogP contribution in [0.2, 0.25) is 0 Å². The van der Waals surface area contributed by atoms with Crippen LogP contribution in [-0.2, 0) is 4.79 Å². The standard InChI is InChI=1S/C18H25N3O2/c1-14(22)16-2-4-17(5-3-16)20-8-10-21(11-9-20)18(23)12-15-6-7-19-13-15/h2-5,15,19H,6-13H2,1H3/t15-/m1/s1. The normalized spacial score (nSPS) is 21.5. The van der Waals surface area contributed by atoms with Gasteiger partial charge in [0, 0.05) is 43.9 Å². The van der Waals surface area contributed by atoms with E-state index in [1.165, 1.54) is 0 Å². The number of carbonyl (C=O) groups is 2. The van der Waals surface area contributed by atoms with E-state index in [1.807, 2.05) is 29.2 Å². The van der Waals surface area contributed by atoms with Gasteiger partial charge >= 0.3 is 0 Å². The lowest BCUT2D eigenvalue weighted by molar-refractivity contribution is -0.132. The van der Waals surface area contributed by atoms with Gasteiger partial charge in [0.05, 0.1) is 0 Å². The topological polar surface area (TPSA) is 52.7 Å². The van der Waals surface area contributed by atoms with Gasteiger partial charge in [-0.3, -0.25) is 9.59 Å². The Balaban J connectivity index is 1.51. The molecule has 5 heteroatoms. The van der Waals surface area contributed by atoms with Crippen molar-refractivity contribution < 1.29 is 9.59 Å². The number of hydrogen-bond donors (Lipinski definition) is 1. The molecular weight excluding hydrogens is 290 g/mol. The van der Waals surface area contributed by atoms with E-state index in [0.717, 1.165) is 56.9 Å². The molecule has 1 aromatic rings. The zero-order valence-corrected chi connectivity index (χ0v) is 13.8. The number of Topliss-reactive ketones (excluding diaryl/α,β-unsaturated/α-hetero) is 1. The van der Waals surface area contributed by atoms with Gasteiger partial charge in [-0.1, -0.05) is 0 Å². The highest BCUT2D eigenvalue weighted by molar-refractivity contribution is 5.94. The number of rotatable bonds is 4. The Bertz CT molecular complexity index is 556. The second-order valence-electron chi connectivity index (χ2n) is 6.53. The van der Waals surface area contributed by atoms with Crippen molar-refractivity contribution in [1.82, 2.24) is 10.2 Å². The Kier molecular flexibility index (Phi) is 4.96. The van der Waals surface area contributed by atoms with Crippen LogP contribution in [0.15, 0.2) is 24.3 Å². The summed E-state index contributed by atoms with van der Waals surface area (Å²) in [6.07, 6.45) is 1.80.